The van der Waals surface area contributed by atoms with E-state index in [2.05, 4.69) is 20.8 Å². The van der Waals surface area contributed by atoms with Gasteiger partial charge in [-0.15, -0.1) is 0 Å². The van der Waals surface area contributed by atoms with Gasteiger partial charge in [-0.3, -0.25) is 4.79 Å². The Labute approximate surface area is 80.7 Å². The minimum atomic E-state index is 0.0182. The molecule has 0 saturated heterocycles. The molecule has 0 aliphatic heterocycles. The number of rotatable bonds is 4. The Balaban J connectivity index is 2.24. The molecular formula is C11H20O2. The molecule has 0 bridgehead atoms. The van der Waals surface area contributed by atoms with Crippen molar-refractivity contribution in [3.05, 3.63) is 0 Å². The van der Waals surface area contributed by atoms with Crippen molar-refractivity contribution < 1.29 is 9.53 Å². The first-order chi connectivity index (χ1) is 6.08. The highest BCUT2D eigenvalue weighted by molar-refractivity contribution is 5.74. The first kappa shape index (κ1) is 10.6. The zero-order valence-corrected chi connectivity index (χ0v) is 8.93. The van der Waals surface area contributed by atoms with Crippen molar-refractivity contribution in [1.82, 2.24) is 0 Å². The van der Waals surface area contributed by atoms with Gasteiger partial charge in [-0.25, -0.2) is 0 Å². The number of carbonyl (C=O) groups is 1. The third kappa shape index (κ3) is 2.45. The third-order valence-electron chi connectivity index (χ3n) is 3.05. The maximum atomic E-state index is 11.5. The standard InChI is InChI=1S/C11H20O2/c1-4-5-8-13-10(12)9-6-7-11(9,2)3/h9H,4-8H2,1-3H3. The fraction of sp³-hybridized carbons (Fsp3) is 0.909. The highest BCUT2D eigenvalue weighted by atomic mass is 16.5. The number of hydrogen-bond donors (Lipinski definition) is 0. The lowest BCUT2D eigenvalue weighted by molar-refractivity contribution is -0.159. The summed E-state index contributed by atoms with van der Waals surface area (Å²) in [5.74, 6) is 0.175. The third-order valence-corrected chi connectivity index (χ3v) is 3.05. The summed E-state index contributed by atoms with van der Waals surface area (Å²) in [4.78, 5) is 11.5. The van der Waals surface area contributed by atoms with E-state index < -0.39 is 0 Å². The second-order valence-electron chi connectivity index (χ2n) is 4.60. The predicted octanol–water partition coefficient (Wildman–Crippen LogP) is 2.77. The van der Waals surface area contributed by atoms with E-state index >= 15 is 0 Å². The van der Waals surface area contributed by atoms with Crippen LogP contribution in [0.25, 0.3) is 0 Å². The summed E-state index contributed by atoms with van der Waals surface area (Å²) in [5.41, 5.74) is 0.184. The molecule has 0 aromatic heterocycles. The molecule has 0 N–H and O–H groups in total. The second-order valence-corrected chi connectivity index (χ2v) is 4.60. The van der Waals surface area contributed by atoms with E-state index in [9.17, 15) is 4.79 Å². The van der Waals surface area contributed by atoms with Crippen LogP contribution in [0.3, 0.4) is 0 Å². The summed E-state index contributed by atoms with van der Waals surface area (Å²) >= 11 is 0. The Morgan fingerprint density at radius 1 is 1.54 bits per heavy atom. The van der Waals surface area contributed by atoms with E-state index in [1.54, 1.807) is 0 Å². The second kappa shape index (κ2) is 4.12. The van der Waals surface area contributed by atoms with Gasteiger partial charge in [0.15, 0.2) is 0 Å². The molecule has 1 aliphatic carbocycles. The van der Waals surface area contributed by atoms with Crippen LogP contribution in [0.4, 0.5) is 0 Å². The fourth-order valence-electron chi connectivity index (χ4n) is 1.72. The molecule has 2 heteroatoms. The summed E-state index contributed by atoms with van der Waals surface area (Å²) in [6, 6.07) is 0. The molecule has 0 aromatic carbocycles. The van der Waals surface area contributed by atoms with Gasteiger partial charge in [0.2, 0.25) is 0 Å². The summed E-state index contributed by atoms with van der Waals surface area (Å²) in [5, 5.41) is 0. The summed E-state index contributed by atoms with van der Waals surface area (Å²) in [6.07, 6.45) is 4.23. The molecule has 13 heavy (non-hydrogen) atoms. The first-order valence-electron chi connectivity index (χ1n) is 5.24. The fourth-order valence-corrected chi connectivity index (χ4v) is 1.72. The van der Waals surface area contributed by atoms with Crippen LogP contribution in [0, 0.1) is 11.3 Å². The Kier molecular flexibility index (Phi) is 3.34. The Hall–Kier alpha value is -0.530. The van der Waals surface area contributed by atoms with Crippen LogP contribution in [-0.2, 0) is 9.53 Å². The van der Waals surface area contributed by atoms with Gasteiger partial charge in [0, 0.05) is 0 Å². The molecule has 1 aliphatic rings. The van der Waals surface area contributed by atoms with Crippen molar-refractivity contribution in [1.29, 1.82) is 0 Å². The number of esters is 1. The van der Waals surface area contributed by atoms with Gasteiger partial charge >= 0.3 is 5.97 Å². The highest BCUT2D eigenvalue weighted by Gasteiger charge is 2.44. The normalized spacial score (nSPS) is 25.0. The van der Waals surface area contributed by atoms with Gasteiger partial charge in [-0.1, -0.05) is 27.2 Å². The van der Waals surface area contributed by atoms with Crippen molar-refractivity contribution in [3.63, 3.8) is 0 Å². The molecule has 0 amide bonds. The molecule has 76 valence electrons. The monoisotopic (exact) mass is 184 g/mol. The summed E-state index contributed by atoms with van der Waals surface area (Å²) in [6.45, 7) is 6.98. The smallest absolute Gasteiger partial charge is 0.309 e. The Bertz CT molecular complexity index is 185. The molecule has 0 radical (unpaired) electrons. The van der Waals surface area contributed by atoms with Crippen molar-refractivity contribution in [3.8, 4) is 0 Å². The average molecular weight is 184 g/mol. The van der Waals surface area contributed by atoms with E-state index in [1.165, 1.54) is 0 Å². The number of ether oxygens (including phenoxy) is 1. The van der Waals surface area contributed by atoms with E-state index in [1.807, 2.05) is 0 Å². The van der Waals surface area contributed by atoms with E-state index in [0.29, 0.717) is 6.61 Å². The molecule has 1 atom stereocenters. The van der Waals surface area contributed by atoms with Crippen molar-refractivity contribution >= 4 is 5.97 Å². The van der Waals surface area contributed by atoms with E-state index in [4.69, 9.17) is 4.74 Å². The lowest BCUT2D eigenvalue weighted by Crippen LogP contribution is -2.41. The lowest BCUT2D eigenvalue weighted by atomic mass is 9.62. The van der Waals surface area contributed by atoms with Crippen LogP contribution in [0.5, 0.6) is 0 Å². The van der Waals surface area contributed by atoms with Gasteiger partial charge in [0.05, 0.1) is 12.5 Å². The lowest BCUT2D eigenvalue weighted by Gasteiger charge is -2.42. The quantitative estimate of drug-likeness (QED) is 0.496. The average Bonchev–Trinajstić information content (AvgIpc) is 2.03. The van der Waals surface area contributed by atoms with Crippen LogP contribution < -0.4 is 0 Å². The van der Waals surface area contributed by atoms with Crippen LogP contribution >= 0.6 is 0 Å². The maximum absolute atomic E-state index is 11.5. The Morgan fingerprint density at radius 3 is 2.62 bits per heavy atom. The topological polar surface area (TPSA) is 26.3 Å². The van der Waals surface area contributed by atoms with Crippen LogP contribution in [0.1, 0.15) is 46.5 Å². The van der Waals surface area contributed by atoms with Gasteiger partial charge in [-0.05, 0) is 24.7 Å². The molecule has 1 saturated carbocycles. The molecule has 0 heterocycles. The molecule has 0 spiro atoms. The predicted molar refractivity (Wildman–Crippen MR) is 52.4 cm³/mol. The SMILES string of the molecule is CCCCOC(=O)C1CCC1(C)C. The zero-order valence-electron chi connectivity index (χ0n) is 8.93. The molecule has 0 aromatic rings. The summed E-state index contributed by atoms with van der Waals surface area (Å²) in [7, 11) is 0. The molecule has 2 nitrogen and oxygen atoms in total. The molecule has 1 rings (SSSR count). The zero-order chi connectivity index (χ0) is 9.90. The Morgan fingerprint density at radius 2 is 2.23 bits per heavy atom. The molecule has 1 fully saturated rings. The van der Waals surface area contributed by atoms with Crippen LogP contribution in [0.2, 0.25) is 0 Å². The molecular weight excluding hydrogens is 164 g/mol. The van der Waals surface area contributed by atoms with Gasteiger partial charge in [-0.2, -0.15) is 0 Å². The van der Waals surface area contributed by atoms with E-state index in [-0.39, 0.29) is 17.3 Å². The molecule has 1 unspecified atom stereocenters. The minimum Gasteiger partial charge on any atom is -0.465 e. The first-order valence-corrected chi connectivity index (χ1v) is 5.24. The van der Waals surface area contributed by atoms with Gasteiger partial charge in [0.25, 0.3) is 0 Å². The number of hydrogen-bond acceptors (Lipinski definition) is 2. The van der Waals surface area contributed by atoms with E-state index in [0.717, 1.165) is 25.7 Å². The van der Waals surface area contributed by atoms with Gasteiger partial charge in [0.1, 0.15) is 0 Å². The maximum Gasteiger partial charge on any atom is 0.309 e. The van der Waals surface area contributed by atoms with Crippen molar-refractivity contribution in [2.75, 3.05) is 6.61 Å². The number of unbranched alkanes of at least 4 members (excludes halogenated alkanes) is 1. The highest BCUT2D eigenvalue weighted by Crippen LogP contribution is 2.46. The van der Waals surface area contributed by atoms with Crippen molar-refractivity contribution in [2.45, 2.75) is 46.5 Å². The minimum absolute atomic E-state index is 0.0182. The van der Waals surface area contributed by atoms with Gasteiger partial charge < -0.3 is 4.74 Å². The van der Waals surface area contributed by atoms with Crippen LogP contribution in [0.15, 0.2) is 0 Å². The van der Waals surface area contributed by atoms with Crippen molar-refractivity contribution in [2.24, 2.45) is 11.3 Å². The van der Waals surface area contributed by atoms with Crippen LogP contribution in [-0.4, -0.2) is 12.6 Å². The summed E-state index contributed by atoms with van der Waals surface area (Å²) < 4.78 is 5.18. The largest absolute Gasteiger partial charge is 0.465 e. The number of carbonyl (C=O) groups excluding carboxylic acids is 1.